The molecule has 1 aliphatic heterocycles. The van der Waals surface area contributed by atoms with Gasteiger partial charge in [0.1, 0.15) is 0 Å². The number of hydrogen-bond donors (Lipinski definition) is 2. The summed E-state index contributed by atoms with van der Waals surface area (Å²) in [7, 11) is 3.76. The van der Waals surface area contributed by atoms with Gasteiger partial charge in [-0.1, -0.05) is 19.1 Å². The first-order valence-corrected chi connectivity index (χ1v) is 9.50. The average molecular weight is 488 g/mol. The second-order valence-electron chi connectivity index (χ2n) is 6.77. The molecule has 7 heteroatoms. The van der Waals surface area contributed by atoms with Crippen molar-refractivity contribution in [3.63, 3.8) is 0 Å². The third kappa shape index (κ3) is 8.47. The van der Waals surface area contributed by atoms with Crippen LogP contribution in [0.25, 0.3) is 0 Å². The largest absolute Gasteiger partial charge is 0.381 e. The van der Waals surface area contributed by atoms with Crippen LogP contribution in [0.5, 0.6) is 0 Å². The van der Waals surface area contributed by atoms with Crippen molar-refractivity contribution >= 4 is 41.5 Å². The van der Waals surface area contributed by atoms with Crippen LogP contribution in [-0.4, -0.2) is 57.2 Å². The maximum absolute atomic E-state index is 12.2. The van der Waals surface area contributed by atoms with E-state index in [4.69, 9.17) is 4.74 Å². The zero-order chi connectivity index (χ0) is 18.8. The number of aryl methyl sites for hydroxylation is 1. The normalized spacial score (nSPS) is 15.0. The van der Waals surface area contributed by atoms with Crippen LogP contribution in [0.3, 0.4) is 0 Å². The Morgan fingerprint density at radius 1 is 1.33 bits per heavy atom. The Balaban J connectivity index is 0.00000364. The van der Waals surface area contributed by atoms with Gasteiger partial charge in [0.15, 0.2) is 5.96 Å². The summed E-state index contributed by atoms with van der Waals surface area (Å²) in [6.07, 6.45) is 4.35. The Morgan fingerprint density at radius 2 is 2.07 bits per heavy atom. The van der Waals surface area contributed by atoms with Gasteiger partial charge in [0, 0.05) is 39.5 Å². The minimum absolute atomic E-state index is 0. The molecule has 1 fully saturated rings. The molecule has 0 atom stereocenters. The third-order valence-corrected chi connectivity index (χ3v) is 4.81. The summed E-state index contributed by atoms with van der Waals surface area (Å²) in [6.45, 7) is 4.97. The van der Waals surface area contributed by atoms with Gasteiger partial charge in [-0.25, -0.2) is 0 Å². The molecule has 1 aromatic carbocycles. The molecule has 27 heavy (non-hydrogen) atoms. The van der Waals surface area contributed by atoms with Crippen molar-refractivity contribution in [1.29, 1.82) is 0 Å². The van der Waals surface area contributed by atoms with Gasteiger partial charge in [-0.05, 0) is 49.3 Å². The molecule has 6 nitrogen and oxygen atoms in total. The number of halogens is 1. The number of carbonyl (C=O) groups excluding carboxylic acids is 1. The van der Waals surface area contributed by atoms with E-state index in [1.54, 1.807) is 7.05 Å². The second-order valence-corrected chi connectivity index (χ2v) is 6.77. The van der Waals surface area contributed by atoms with Crippen molar-refractivity contribution in [2.24, 2.45) is 10.9 Å². The number of nitrogens with zero attached hydrogens (tertiary/aromatic N) is 2. The predicted molar refractivity (Wildman–Crippen MR) is 122 cm³/mol. The summed E-state index contributed by atoms with van der Waals surface area (Å²) < 4.78 is 5.41. The monoisotopic (exact) mass is 488 g/mol. The van der Waals surface area contributed by atoms with Crippen molar-refractivity contribution in [2.45, 2.75) is 32.6 Å². The lowest BCUT2D eigenvalue weighted by Crippen LogP contribution is -2.43. The van der Waals surface area contributed by atoms with Gasteiger partial charge in [0.2, 0.25) is 5.91 Å². The van der Waals surface area contributed by atoms with Crippen LogP contribution in [-0.2, 0) is 16.0 Å². The van der Waals surface area contributed by atoms with Crippen molar-refractivity contribution < 1.29 is 9.53 Å². The molecule has 0 saturated carbocycles. The molecule has 0 bridgehead atoms. The van der Waals surface area contributed by atoms with E-state index in [1.165, 1.54) is 5.56 Å². The summed E-state index contributed by atoms with van der Waals surface area (Å²) in [5.41, 5.74) is 2.04. The molecule has 2 N–H and O–H groups in total. The first-order chi connectivity index (χ1) is 12.6. The summed E-state index contributed by atoms with van der Waals surface area (Å²) in [5.74, 6) is 1.39. The van der Waals surface area contributed by atoms with Crippen LogP contribution in [0.15, 0.2) is 29.3 Å². The molecular weight excluding hydrogens is 455 g/mol. The van der Waals surface area contributed by atoms with Gasteiger partial charge in [-0.3, -0.25) is 9.79 Å². The van der Waals surface area contributed by atoms with Crippen molar-refractivity contribution in [3.8, 4) is 0 Å². The Labute approximate surface area is 180 Å². The Kier molecular flexibility index (Phi) is 11.3. The van der Waals surface area contributed by atoms with E-state index in [0.29, 0.717) is 0 Å². The lowest BCUT2D eigenvalue weighted by molar-refractivity contribution is -0.115. The molecule has 1 saturated heterocycles. The molecule has 1 aliphatic rings. The number of benzene rings is 1. The maximum atomic E-state index is 12.2. The van der Waals surface area contributed by atoms with Crippen LogP contribution in [0.4, 0.5) is 5.69 Å². The SMILES string of the molecule is CCc1cccc(NC(=O)CNC(=NC)N(C)CCC2CCOCC2)c1.I. The van der Waals surface area contributed by atoms with Crippen LogP contribution in [0.1, 0.15) is 31.7 Å². The molecule has 1 aromatic rings. The summed E-state index contributed by atoms with van der Waals surface area (Å²) in [5, 5.41) is 6.07. The first-order valence-electron chi connectivity index (χ1n) is 9.50. The summed E-state index contributed by atoms with van der Waals surface area (Å²) in [4.78, 5) is 18.6. The number of guanidine groups is 1. The van der Waals surface area contributed by atoms with Gasteiger partial charge in [-0.15, -0.1) is 24.0 Å². The third-order valence-electron chi connectivity index (χ3n) is 4.81. The van der Waals surface area contributed by atoms with Crippen molar-refractivity contribution in [2.75, 3.05) is 45.7 Å². The van der Waals surface area contributed by atoms with E-state index < -0.39 is 0 Å². The summed E-state index contributed by atoms with van der Waals surface area (Å²) in [6, 6.07) is 7.94. The number of carbonyl (C=O) groups is 1. The van der Waals surface area contributed by atoms with E-state index >= 15 is 0 Å². The fraction of sp³-hybridized carbons (Fsp3) is 0.600. The van der Waals surface area contributed by atoms with E-state index in [1.807, 2.05) is 25.2 Å². The number of hydrogen-bond acceptors (Lipinski definition) is 3. The standard InChI is InChI=1S/C20H32N4O2.HI/c1-4-16-6-5-7-18(14-16)23-19(25)15-22-20(21-2)24(3)11-8-17-9-12-26-13-10-17;/h5-7,14,17H,4,8-13,15H2,1-3H3,(H,21,22)(H,23,25);1H. The number of ether oxygens (including phenoxy) is 1. The van der Waals surface area contributed by atoms with E-state index in [0.717, 1.165) is 63.0 Å². The fourth-order valence-electron chi connectivity index (χ4n) is 3.14. The Hall–Kier alpha value is -1.35. The van der Waals surface area contributed by atoms with Gasteiger partial charge < -0.3 is 20.3 Å². The molecule has 0 spiro atoms. The predicted octanol–water partition coefficient (Wildman–Crippen LogP) is 3.13. The fourth-order valence-corrected chi connectivity index (χ4v) is 3.14. The van der Waals surface area contributed by atoms with Gasteiger partial charge in [-0.2, -0.15) is 0 Å². The molecule has 2 rings (SSSR count). The second kappa shape index (κ2) is 12.9. The molecule has 0 radical (unpaired) electrons. The number of rotatable bonds is 7. The molecule has 1 heterocycles. The smallest absolute Gasteiger partial charge is 0.243 e. The van der Waals surface area contributed by atoms with Crippen molar-refractivity contribution in [3.05, 3.63) is 29.8 Å². The van der Waals surface area contributed by atoms with Crippen LogP contribution in [0, 0.1) is 5.92 Å². The number of amides is 1. The minimum atomic E-state index is -0.0720. The van der Waals surface area contributed by atoms with Crippen LogP contribution < -0.4 is 10.6 Å². The minimum Gasteiger partial charge on any atom is -0.381 e. The van der Waals surface area contributed by atoms with E-state index in [2.05, 4.69) is 33.5 Å². The lowest BCUT2D eigenvalue weighted by Gasteiger charge is -2.26. The van der Waals surface area contributed by atoms with Gasteiger partial charge in [0.05, 0.1) is 6.54 Å². The average Bonchev–Trinajstić information content (AvgIpc) is 2.67. The van der Waals surface area contributed by atoms with E-state index in [-0.39, 0.29) is 36.4 Å². The zero-order valence-corrected chi connectivity index (χ0v) is 19.0. The topological polar surface area (TPSA) is 66.0 Å². The highest BCUT2D eigenvalue weighted by atomic mass is 127. The van der Waals surface area contributed by atoms with Crippen molar-refractivity contribution in [1.82, 2.24) is 10.2 Å². The molecule has 0 unspecified atom stereocenters. The molecule has 152 valence electrons. The maximum Gasteiger partial charge on any atom is 0.243 e. The molecule has 1 amide bonds. The number of nitrogens with one attached hydrogen (secondary N) is 2. The Bertz CT molecular complexity index is 603. The highest BCUT2D eigenvalue weighted by Crippen LogP contribution is 2.18. The molecule has 0 aromatic heterocycles. The molecule has 0 aliphatic carbocycles. The summed E-state index contributed by atoms with van der Waals surface area (Å²) >= 11 is 0. The number of anilines is 1. The lowest BCUT2D eigenvalue weighted by atomic mass is 9.96. The van der Waals surface area contributed by atoms with Crippen LogP contribution in [0.2, 0.25) is 0 Å². The Morgan fingerprint density at radius 3 is 2.74 bits per heavy atom. The van der Waals surface area contributed by atoms with E-state index in [9.17, 15) is 4.79 Å². The highest BCUT2D eigenvalue weighted by Gasteiger charge is 2.15. The zero-order valence-electron chi connectivity index (χ0n) is 16.7. The number of aliphatic imine (C=N–C) groups is 1. The van der Waals surface area contributed by atoms with Gasteiger partial charge in [0.25, 0.3) is 0 Å². The molecular formula is C20H33IN4O2. The first kappa shape index (κ1) is 23.7. The van der Waals surface area contributed by atoms with Gasteiger partial charge >= 0.3 is 0 Å². The highest BCUT2D eigenvalue weighted by molar-refractivity contribution is 14.0. The quantitative estimate of drug-likeness (QED) is 0.352. The van der Waals surface area contributed by atoms with Crippen LogP contribution >= 0.6 is 24.0 Å².